The molecule has 122 valence electrons. The first-order valence-corrected chi connectivity index (χ1v) is 9.24. The lowest BCUT2D eigenvalue weighted by Crippen LogP contribution is -2.48. The quantitative estimate of drug-likeness (QED) is 0.875. The summed E-state index contributed by atoms with van der Waals surface area (Å²) in [6, 6.07) is 4.69. The highest BCUT2D eigenvalue weighted by Gasteiger charge is 2.31. The fraction of sp³-hybridized carbons (Fsp3) is 0.706. The van der Waals surface area contributed by atoms with E-state index in [4.69, 9.17) is 4.74 Å². The molecule has 1 amide bonds. The topological polar surface area (TPSA) is 41.6 Å². The van der Waals surface area contributed by atoms with Crippen molar-refractivity contribution in [1.29, 1.82) is 0 Å². The third kappa shape index (κ3) is 3.70. The molecule has 1 N–H and O–H groups in total. The van der Waals surface area contributed by atoms with Gasteiger partial charge in [-0.15, -0.1) is 11.3 Å². The van der Waals surface area contributed by atoms with Crippen LogP contribution in [0.1, 0.15) is 43.1 Å². The fourth-order valence-corrected chi connectivity index (χ4v) is 4.07. The molecule has 1 aliphatic carbocycles. The van der Waals surface area contributed by atoms with Gasteiger partial charge >= 0.3 is 0 Å². The predicted molar refractivity (Wildman–Crippen MR) is 89.0 cm³/mol. The van der Waals surface area contributed by atoms with Gasteiger partial charge in [-0.05, 0) is 37.1 Å². The van der Waals surface area contributed by atoms with E-state index in [1.54, 1.807) is 18.4 Å². The minimum atomic E-state index is 0.134. The smallest absolute Gasteiger partial charge is 0.225 e. The molecule has 1 saturated carbocycles. The van der Waals surface area contributed by atoms with Gasteiger partial charge in [0.15, 0.2) is 0 Å². The van der Waals surface area contributed by atoms with Crippen molar-refractivity contribution < 1.29 is 9.53 Å². The van der Waals surface area contributed by atoms with Gasteiger partial charge in [0, 0.05) is 43.6 Å². The van der Waals surface area contributed by atoms with Gasteiger partial charge in [0.1, 0.15) is 6.10 Å². The highest BCUT2D eigenvalue weighted by Crippen LogP contribution is 2.29. The van der Waals surface area contributed by atoms with Crippen LogP contribution in [0.4, 0.5) is 0 Å². The van der Waals surface area contributed by atoms with Crippen molar-refractivity contribution in [1.82, 2.24) is 10.2 Å². The van der Waals surface area contributed by atoms with Crippen molar-refractivity contribution in [2.45, 2.75) is 44.2 Å². The highest BCUT2D eigenvalue weighted by atomic mass is 32.1. The second-order valence-corrected chi connectivity index (χ2v) is 7.35. The van der Waals surface area contributed by atoms with Crippen LogP contribution in [0.15, 0.2) is 17.5 Å². The average Bonchev–Trinajstić information content (AvgIpc) is 3.01. The number of hydrogen-bond acceptors (Lipinski definition) is 4. The Bertz CT molecular complexity index is 465. The van der Waals surface area contributed by atoms with Crippen LogP contribution in [0.2, 0.25) is 0 Å². The molecule has 4 nitrogen and oxygen atoms in total. The molecule has 0 spiro atoms. The molecule has 2 heterocycles. The number of thiophene rings is 1. The normalized spacial score (nSPS) is 21.6. The molecule has 1 atom stereocenters. The van der Waals surface area contributed by atoms with Gasteiger partial charge in [0.05, 0.1) is 0 Å². The minimum absolute atomic E-state index is 0.134. The summed E-state index contributed by atoms with van der Waals surface area (Å²) in [5, 5.41) is 5.71. The first-order valence-electron chi connectivity index (χ1n) is 8.36. The number of nitrogens with zero attached hydrogens (tertiary/aromatic N) is 1. The zero-order valence-corrected chi connectivity index (χ0v) is 14.1. The van der Waals surface area contributed by atoms with E-state index in [-0.39, 0.29) is 6.10 Å². The zero-order chi connectivity index (χ0) is 15.4. The van der Waals surface area contributed by atoms with E-state index in [0.717, 1.165) is 45.3 Å². The molecule has 1 aromatic heterocycles. The van der Waals surface area contributed by atoms with Gasteiger partial charge in [-0.3, -0.25) is 4.79 Å². The lowest BCUT2D eigenvalue weighted by atomic mass is 9.84. The molecule has 3 rings (SSSR count). The number of carbonyl (C=O) groups excluding carboxylic acids is 1. The summed E-state index contributed by atoms with van der Waals surface area (Å²) in [7, 11) is 1.77. The maximum absolute atomic E-state index is 12.2. The Hall–Kier alpha value is -0.910. The summed E-state index contributed by atoms with van der Waals surface area (Å²) < 4.78 is 5.58. The lowest BCUT2D eigenvalue weighted by Gasteiger charge is -2.37. The van der Waals surface area contributed by atoms with E-state index in [2.05, 4.69) is 27.7 Å². The van der Waals surface area contributed by atoms with Gasteiger partial charge in [-0.25, -0.2) is 0 Å². The van der Waals surface area contributed by atoms with Crippen molar-refractivity contribution >= 4 is 17.2 Å². The van der Waals surface area contributed by atoms with E-state index in [9.17, 15) is 4.79 Å². The van der Waals surface area contributed by atoms with E-state index in [1.165, 1.54) is 11.3 Å². The van der Waals surface area contributed by atoms with E-state index < -0.39 is 0 Å². The first-order chi connectivity index (χ1) is 10.8. The molecule has 0 bridgehead atoms. The second-order valence-electron chi connectivity index (χ2n) is 6.38. The third-order valence-corrected chi connectivity index (χ3v) is 5.96. The number of likely N-dealkylation sites (tertiary alicyclic amines) is 1. The van der Waals surface area contributed by atoms with Gasteiger partial charge < -0.3 is 15.0 Å². The number of nitrogens with one attached hydrogen (secondary N) is 1. The molecular formula is C17H26N2O2S. The Morgan fingerprint density at radius 3 is 2.73 bits per heavy atom. The van der Waals surface area contributed by atoms with E-state index in [1.807, 2.05) is 0 Å². The minimum Gasteiger partial charge on any atom is -0.375 e. The van der Waals surface area contributed by atoms with Gasteiger partial charge in [-0.1, -0.05) is 12.5 Å². The molecule has 1 unspecified atom stereocenters. The molecule has 0 radical (unpaired) electrons. The number of ether oxygens (including phenoxy) is 1. The summed E-state index contributed by atoms with van der Waals surface area (Å²) in [6.07, 6.45) is 5.68. The maximum Gasteiger partial charge on any atom is 0.225 e. The zero-order valence-electron chi connectivity index (χ0n) is 13.3. The van der Waals surface area contributed by atoms with Crippen LogP contribution in [0.5, 0.6) is 0 Å². The van der Waals surface area contributed by atoms with Crippen molar-refractivity contribution in [2.24, 2.45) is 5.92 Å². The molecule has 1 saturated heterocycles. The van der Waals surface area contributed by atoms with Crippen LogP contribution < -0.4 is 5.32 Å². The SMILES string of the molecule is COC(CNC1CCN(C(=O)C2CCC2)CC1)c1cccs1. The number of carbonyl (C=O) groups is 1. The molecule has 22 heavy (non-hydrogen) atoms. The number of rotatable bonds is 6. The molecular weight excluding hydrogens is 296 g/mol. The third-order valence-electron chi connectivity index (χ3n) is 5.00. The molecule has 1 aliphatic heterocycles. The lowest BCUT2D eigenvalue weighted by molar-refractivity contribution is -0.139. The first kappa shape index (κ1) is 16.0. The summed E-state index contributed by atoms with van der Waals surface area (Å²) in [5.74, 6) is 0.735. The number of piperidine rings is 1. The molecule has 5 heteroatoms. The number of amides is 1. The fourth-order valence-electron chi connectivity index (χ4n) is 3.27. The number of methoxy groups -OCH3 is 1. The Morgan fingerprint density at radius 2 is 2.18 bits per heavy atom. The average molecular weight is 322 g/mol. The standard InChI is InChI=1S/C17H26N2O2S/c1-21-15(16-6-3-11-22-16)12-18-14-7-9-19(10-8-14)17(20)13-4-2-5-13/h3,6,11,13-15,18H,2,4-5,7-10,12H2,1H3. The van der Waals surface area contributed by atoms with Crippen LogP contribution in [0.3, 0.4) is 0 Å². The van der Waals surface area contributed by atoms with E-state index >= 15 is 0 Å². The van der Waals surface area contributed by atoms with Crippen LogP contribution in [-0.2, 0) is 9.53 Å². The molecule has 2 fully saturated rings. The van der Waals surface area contributed by atoms with Crippen molar-refractivity contribution in [3.05, 3.63) is 22.4 Å². The predicted octanol–water partition coefficient (Wildman–Crippen LogP) is 2.82. The second kappa shape index (κ2) is 7.57. The summed E-state index contributed by atoms with van der Waals surface area (Å²) in [6.45, 7) is 2.66. The summed E-state index contributed by atoms with van der Waals surface area (Å²) in [5.41, 5.74) is 0. The van der Waals surface area contributed by atoms with Gasteiger partial charge in [-0.2, -0.15) is 0 Å². The van der Waals surface area contributed by atoms with Crippen molar-refractivity contribution in [3.8, 4) is 0 Å². The van der Waals surface area contributed by atoms with Crippen LogP contribution >= 0.6 is 11.3 Å². The van der Waals surface area contributed by atoms with Crippen molar-refractivity contribution in [3.63, 3.8) is 0 Å². The summed E-state index contributed by atoms with van der Waals surface area (Å²) in [4.78, 5) is 15.6. The Labute approximate surface area is 136 Å². The van der Waals surface area contributed by atoms with Crippen molar-refractivity contribution in [2.75, 3.05) is 26.7 Å². The van der Waals surface area contributed by atoms with Crippen LogP contribution in [-0.4, -0.2) is 43.6 Å². The molecule has 0 aromatic carbocycles. The van der Waals surface area contributed by atoms with E-state index in [0.29, 0.717) is 17.9 Å². The number of hydrogen-bond donors (Lipinski definition) is 1. The largest absolute Gasteiger partial charge is 0.375 e. The van der Waals surface area contributed by atoms with Gasteiger partial charge in [0.2, 0.25) is 5.91 Å². The van der Waals surface area contributed by atoms with Crippen LogP contribution in [0.25, 0.3) is 0 Å². The molecule has 2 aliphatic rings. The Kier molecular flexibility index (Phi) is 5.50. The monoisotopic (exact) mass is 322 g/mol. The maximum atomic E-state index is 12.2. The summed E-state index contributed by atoms with van der Waals surface area (Å²) >= 11 is 1.74. The van der Waals surface area contributed by atoms with Crippen LogP contribution in [0, 0.1) is 5.92 Å². The Balaban J connectivity index is 1.41. The Morgan fingerprint density at radius 1 is 1.41 bits per heavy atom. The van der Waals surface area contributed by atoms with Gasteiger partial charge in [0.25, 0.3) is 0 Å². The highest BCUT2D eigenvalue weighted by molar-refractivity contribution is 7.10. The molecule has 1 aromatic rings.